The first-order chi connectivity index (χ1) is 9.34. The fourth-order valence-electron chi connectivity index (χ4n) is 4.06. The molecule has 118 valence electrons. The molecule has 3 nitrogen and oxygen atoms in total. The van der Waals surface area contributed by atoms with Gasteiger partial charge in [-0.25, -0.2) is 0 Å². The predicted molar refractivity (Wildman–Crippen MR) is 88.3 cm³/mol. The summed E-state index contributed by atoms with van der Waals surface area (Å²) in [6.07, 6.45) is 6.19. The van der Waals surface area contributed by atoms with Gasteiger partial charge in [0.05, 0.1) is 6.10 Å². The van der Waals surface area contributed by atoms with Gasteiger partial charge < -0.3 is 15.4 Å². The van der Waals surface area contributed by atoms with E-state index in [2.05, 4.69) is 39.0 Å². The topological polar surface area (TPSA) is 38.5 Å². The first kappa shape index (κ1) is 16.6. The van der Waals surface area contributed by atoms with Crippen LogP contribution in [0.3, 0.4) is 0 Å². The molecule has 4 unspecified atom stereocenters. The molecule has 1 saturated carbocycles. The van der Waals surface area contributed by atoms with E-state index in [0.717, 1.165) is 13.2 Å². The van der Waals surface area contributed by atoms with Gasteiger partial charge in [0, 0.05) is 36.1 Å². The molecule has 2 aliphatic rings. The van der Waals surface area contributed by atoms with Crippen LogP contribution in [0.4, 0.5) is 0 Å². The molecular formula is C16H32N2OS. The minimum Gasteiger partial charge on any atom is -0.377 e. The molecule has 2 rings (SSSR count). The second kappa shape index (κ2) is 6.15. The van der Waals surface area contributed by atoms with Gasteiger partial charge in [-0.1, -0.05) is 13.8 Å². The average Bonchev–Trinajstić information content (AvgIpc) is 2.44. The maximum Gasteiger partial charge on any atom is 0.0690 e. The van der Waals surface area contributed by atoms with Gasteiger partial charge in [0.2, 0.25) is 0 Å². The lowest BCUT2D eigenvalue weighted by Crippen LogP contribution is -2.80. The fraction of sp³-hybridized carbons (Fsp3) is 1.00. The number of fused-ring (bicyclic) bond motifs is 1. The van der Waals surface area contributed by atoms with Crippen LogP contribution in [0.2, 0.25) is 0 Å². The molecule has 1 aliphatic heterocycles. The summed E-state index contributed by atoms with van der Waals surface area (Å²) in [6, 6.07) is 0.599. The minimum absolute atomic E-state index is 0.0889. The Hall–Kier alpha value is 0.230. The van der Waals surface area contributed by atoms with E-state index in [1.165, 1.54) is 25.0 Å². The van der Waals surface area contributed by atoms with Crippen molar-refractivity contribution >= 4 is 11.8 Å². The van der Waals surface area contributed by atoms with Gasteiger partial charge in [-0.3, -0.25) is 0 Å². The van der Waals surface area contributed by atoms with Crippen LogP contribution >= 0.6 is 11.8 Å². The van der Waals surface area contributed by atoms with E-state index in [1.54, 1.807) is 0 Å². The fourth-order valence-corrected chi connectivity index (χ4v) is 4.64. The van der Waals surface area contributed by atoms with Crippen molar-refractivity contribution in [2.75, 3.05) is 32.2 Å². The molecule has 4 atom stereocenters. The van der Waals surface area contributed by atoms with Crippen LogP contribution in [0.5, 0.6) is 0 Å². The summed E-state index contributed by atoms with van der Waals surface area (Å²) in [7, 11) is 2.23. The molecule has 1 saturated heterocycles. The number of nitrogens with two attached hydrogens (primary N) is 1. The Balaban J connectivity index is 1.99. The lowest BCUT2D eigenvalue weighted by atomic mass is 9.46. The van der Waals surface area contributed by atoms with E-state index >= 15 is 0 Å². The van der Waals surface area contributed by atoms with E-state index < -0.39 is 0 Å². The van der Waals surface area contributed by atoms with Crippen molar-refractivity contribution in [1.82, 2.24) is 4.90 Å². The summed E-state index contributed by atoms with van der Waals surface area (Å²) in [4.78, 5) is 2.46. The maximum absolute atomic E-state index is 6.88. The zero-order chi connectivity index (χ0) is 15.0. The number of hydrogen-bond donors (Lipinski definition) is 1. The second-order valence-corrected chi connectivity index (χ2v) is 8.33. The Bertz CT molecular complexity index is 336. The quantitative estimate of drug-likeness (QED) is 0.818. The van der Waals surface area contributed by atoms with Crippen molar-refractivity contribution in [3.8, 4) is 0 Å². The number of nitrogens with zero attached hydrogens (tertiary/aromatic N) is 1. The highest BCUT2D eigenvalue weighted by atomic mass is 32.2. The molecule has 1 aliphatic carbocycles. The van der Waals surface area contributed by atoms with Crippen molar-refractivity contribution < 1.29 is 4.74 Å². The third-order valence-corrected chi connectivity index (χ3v) is 6.54. The zero-order valence-corrected chi connectivity index (χ0v) is 14.6. The Labute approximate surface area is 129 Å². The Morgan fingerprint density at radius 3 is 2.80 bits per heavy atom. The highest BCUT2D eigenvalue weighted by Gasteiger charge is 2.66. The van der Waals surface area contributed by atoms with Crippen molar-refractivity contribution in [2.24, 2.45) is 17.1 Å². The Kier molecular flexibility index (Phi) is 5.11. The molecule has 20 heavy (non-hydrogen) atoms. The molecule has 4 heteroatoms. The van der Waals surface area contributed by atoms with E-state index in [1.807, 2.05) is 11.8 Å². The monoisotopic (exact) mass is 300 g/mol. The number of rotatable bonds is 6. The number of ether oxygens (including phenoxy) is 1. The molecule has 0 bridgehead atoms. The summed E-state index contributed by atoms with van der Waals surface area (Å²) >= 11 is 1.93. The molecule has 0 spiro atoms. The van der Waals surface area contributed by atoms with Gasteiger partial charge in [0.25, 0.3) is 0 Å². The van der Waals surface area contributed by atoms with Crippen LogP contribution in [0.25, 0.3) is 0 Å². The summed E-state index contributed by atoms with van der Waals surface area (Å²) in [5.41, 5.74) is 6.87. The number of likely N-dealkylation sites (N-methyl/N-ethyl adjacent to an activating group) is 1. The molecule has 0 radical (unpaired) electrons. The second-order valence-electron chi connectivity index (χ2n) is 7.35. The number of thioether (sulfide) groups is 1. The molecule has 0 aromatic rings. The van der Waals surface area contributed by atoms with Crippen LogP contribution in [0.1, 0.15) is 40.0 Å². The molecule has 2 fully saturated rings. The lowest BCUT2D eigenvalue weighted by molar-refractivity contribution is -0.232. The van der Waals surface area contributed by atoms with Crippen molar-refractivity contribution in [2.45, 2.75) is 57.7 Å². The normalized spacial score (nSPS) is 37.4. The van der Waals surface area contributed by atoms with E-state index in [4.69, 9.17) is 10.5 Å². The highest BCUT2D eigenvalue weighted by molar-refractivity contribution is 7.98. The largest absolute Gasteiger partial charge is 0.377 e. The van der Waals surface area contributed by atoms with Gasteiger partial charge in [-0.2, -0.15) is 11.8 Å². The molecule has 0 aromatic carbocycles. The standard InChI is InChI=1S/C16H32N2OS/c1-12(8-10-20-5)18(4)11-16(17)13-7-6-9-19-14(13)15(16,2)3/h12-14H,6-11,17H2,1-5H3. The summed E-state index contributed by atoms with van der Waals surface area (Å²) in [5.74, 6) is 1.77. The molecule has 0 aromatic heterocycles. The number of hydrogen-bond acceptors (Lipinski definition) is 4. The first-order valence-corrected chi connectivity index (χ1v) is 9.33. The zero-order valence-electron chi connectivity index (χ0n) is 13.8. The minimum atomic E-state index is -0.0968. The van der Waals surface area contributed by atoms with Crippen LogP contribution in [0, 0.1) is 11.3 Å². The Morgan fingerprint density at radius 2 is 2.15 bits per heavy atom. The SMILES string of the molecule is CSCCC(C)N(C)CC1(N)C2CCCOC2C1(C)C. The predicted octanol–water partition coefficient (Wildman–Crippen LogP) is 2.59. The smallest absolute Gasteiger partial charge is 0.0690 e. The van der Waals surface area contributed by atoms with Gasteiger partial charge in [-0.15, -0.1) is 0 Å². The van der Waals surface area contributed by atoms with Crippen LogP contribution in [-0.2, 0) is 4.74 Å². The van der Waals surface area contributed by atoms with E-state index in [0.29, 0.717) is 18.1 Å². The third-order valence-electron chi connectivity index (χ3n) is 5.90. The van der Waals surface area contributed by atoms with Gasteiger partial charge in [0.1, 0.15) is 0 Å². The summed E-state index contributed by atoms with van der Waals surface area (Å²) < 4.78 is 5.99. The van der Waals surface area contributed by atoms with Crippen LogP contribution in [0.15, 0.2) is 0 Å². The highest BCUT2D eigenvalue weighted by Crippen LogP contribution is 2.57. The Morgan fingerprint density at radius 1 is 1.45 bits per heavy atom. The molecular weight excluding hydrogens is 268 g/mol. The van der Waals surface area contributed by atoms with Crippen LogP contribution < -0.4 is 5.73 Å². The van der Waals surface area contributed by atoms with Gasteiger partial charge in [0.15, 0.2) is 0 Å². The maximum atomic E-state index is 6.88. The first-order valence-electron chi connectivity index (χ1n) is 7.94. The lowest BCUT2D eigenvalue weighted by Gasteiger charge is -2.67. The molecule has 2 N–H and O–H groups in total. The van der Waals surface area contributed by atoms with E-state index in [9.17, 15) is 0 Å². The van der Waals surface area contributed by atoms with Crippen molar-refractivity contribution in [1.29, 1.82) is 0 Å². The van der Waals surface area contributed by atoms with Gasteiger partial charge >= 0.3 is 0 Å². The molecule has 1 heterocycles. The van der Waals surface area contributed by atoms with Crippen molar-refractivity contribution in [3.05, 3.63) is 0 Å². The average molecular weight is 301 g/mol. The van der Waals surface area contributed by atoms with Crippen LogP contribution in [-0.4, -0.2) is 54.8 Å². The van der Waals surface area contributed by atoms with E-state index in [-0.39, 0.29) is 11.0 Å². The van der Waals surface area contributed by atoms with Gasteiger partial charge in [-0.05, 0) is 45.2 Å². The van der Waals surface area contributed by atoms with Crippen molar-refractivity contribution in [3.63, 3.8) is 0 Å². The summed E-state index contributed by atoms with van der Waals surface area (Å²) in [5, 5.41) is 0. The molecule has 0 amide bonds. The third kappa shape index (κ3) is 2.65. The summed E-state index contributed by atoms with van der Waals surface area (Å²) in [6.45, 7) is 8.81.